The van der Waals surface area contributed by atoms with Gasteiger partial charge >= 0.3 is 0 Å². The minimum atomic E-state index is 0.714. The van der Waals surface area contributed by atoms with Crippen LogP contribution in [-0.2, 0) is 13.0 Å². The maximum absolute atomic E-state index is 6.16. The molecule has 0 radical (unpaired) electrons. The number of halogens is 1. The highest BCUT2D eigenvalue weighted by Crippen LogP contribution is 2.26. The van der Waals surface area contributed by atoms with Gasteiger partial charge in [-0.15, -0.1) is 0 Å². The molecule has 108 valence electrons. The number of benzene rings is 2. The van der Waals surface area contributed by atoms with Crippen LogP contribution in [0.4, 0.5) is 0 Å². The summed E-state index contributed by atoms with van der Waals surface area (Å²) in [5.74, 6) is 0. The predicted molar refractivity (Wildman–Crippen MR) is 89.9 cm³/mol. The van der Waals surface area contributed by atoms with Crippen molar-refractivity contribution in [1.82, 2.24) is 4.57 Å². The summed E-state index contributed by atoms with van der Waals surface area (Å²) in [5.41, 5.74) is 9.51. The molecule has 0 amide bonds. The predicted octanol–water partition coefficient (Wildman–Crippen LogP) is 4.23. The molecule has 3 rings (SSSR count). The van der Waals surface area contributed by atoms with Gasteiger partial charge in [0.2, 0.25) is 0 Å². The second-order valence-electron chi connectivity index (χ2n) is 5.32. The summed E-state index contributed by atoms with van der Waals surface area (Å²) in [5, 5.41) is 2.03. The first-order valence-electron chi connectivity index (χ1n) is 7.29. The first-order valence-corrected chi connectivity index (χ1v) is 7.67. The van der Waals surface area contributed by atoms with Crippen molar-refractivity contribution in [1.29, 1.82) is 0 Å². The van der Waals surface area contributed by atoms with Crippen LogP contribution >= 0.6 is 11.6 Å². The molecule has 2 N–H and O–H groups in total. The largest absolute Gasteiger partial charge is 0.343 e. The van der Waals surface area contributed by atoms with E-state index in [4.69, 9.17) is 17.3 Å². The molecule has 0 atom stereocenters. The van der Waals surface area contributed by atoms with E-state index in [0.717, 1.165) is 24.4 Å². The van der Waals surface area contributed by atoms with Gasteiger partial charge in [0.15, 0.2) is 0 Å². The lowest BCUT2D eigenvalue weighted by atomic mass is 10.1. The van der Waals surface area contributed by atoms with Crippen molar-refractivity contribution in [2.45, 2.75) is 19.4 Å². The van der Waals surface area contributed by atoms with Crippen LogP contribution in [0.5, 0.6) is 0 Å². The van der Waals surface area contributed by atoms with Crippen LogP contribution in [0.3, 0.4) is 0 Å². The van der Waals surface area contributed by atoms with Gasteiger partial charge in [-0.1, -0.05) is 41.9 Å². The Bertz CT molecular complexity index is 732. The normalized spacial score (nSPS) is 11.1. The number of nitrogens with zero attached hydrogens (tertiary/aromatic N) is 1. The summed E-state index contributed by atoms with van der Waals surface area (Å²) < 4.78 is 2.30. The van der Waals surface area contributed by atoms with Gasteiger partial charge in [-0.2, -0.15) is 0 Å². The lowest BCUT2D eigenvalue weighted by Crippen LogP contribution is -2.00. The summed E-state index contributed by atoms with van der Waals surface area (Å²) >= 11 is 6.16. The van der Waals surface area contributed by atoms with Crippen molar-refractivity contribution in [3.05, 3.63) is 70.9 Å². The van der Waals surface area contributed by atoms with Crippen LogP contribution in [0, 0.1) is 0 Å². The molecule has 0 saturated heterocycles. The quantitative estimate of drug-likeness (QED) is 0.750. The number of aromatic nitrogens is 1. The Labute approximate surface area is 130 Å². The molecule has 0 unspecified atom stereocenters. The average Bonchev–Trinajstić information content (AvgIpc) is 2.83. The van der Waals surface area contributed by atoms with E-state index >= 15 is 0 Å². The lowest BCUT2D eigenvalue weighted by molar-refractivity contribution is 0.806. The third-order valence-electron chi connectivity index (χ3n) is 3.77. The van der Waals surface area contributed by atoms with E-state index < -0.39 is 0 Å². The maximum Gasteiger partial charge on any atom is 0.0487 e. The molecule has 1 aromatic heterocycles. The van der Waals surface area contributed by atoms with Gasteiger partial charge in [-0.25, -0.2) is 0 Å². The third kappa shape index (κ3) is 3.12. The summed E-state index contributed by atoms with van der Waals surface area (Å²) in [6, 6.07) is 16.6. The fraction of sp³-hybridized carbons (Fsp3) is 0.222. The van der Waals surface area contributed by atoms with Crippen molar-refractivity contribution in [2.75, 3.05) is 6.54 Å². The highest BCUT2D eigenvalue weighted by Gasteiger charge is 2.09. The Morgan fingerprint density at radius 2 is 1.86 bits per heavy atom. The van der Waals surface area contributed by atoms with E-state index in [1.807, 2.05) is 12.1 Å². The summed E-state index contributed by atoms with van der Waals surface area (Å²) in [4.78, 5) is 0. The molecule has 2 nitrogen and oxygen atoms in total. The molecular formula is C18H19ClN2. The van der Waals surface area contributed by atoms with Crippen LogP contribution in [0.25, 0.3) is 10.9 Å². The fourth-order valence-corrected chi connectivity index (χ4v) is 2.92. The summed E-state index contributed by atoms with van der Waals surface area (Å²) in [7, 11) is 0. The molecule has 1 heterocycles. The molecule has 3 heteroatoms. The van der Waals surface area contributed by atoms with Gasteiger partial charge in [0.05, 0.1) is 0 Å². The van der Waals surface area contributed by atoms with Crippen molar-refractivity contribution in [3.8, 4) is 0 Å². The SMILES string of the molecule is NCCCc1cn(Cc2ccccc2)c2ccc(Cl)cc12. The van der Waals surface area contributed by atoms with Gasteiger partial charge in [0.25, 0.3) is 0 Å². The van der Waals surface area contributed by atoms with Crippen molar-refractivity contribution in [2.24, 2.45) is 5.73 Å². The molecule has 0 aliphatic heterocycles. The highest BCUT2D eigenvalue weighted by atomic mass is 35.5. The van der Waals surface area contributed by atoms with Gasteiger partial charge in [-0.05, 0) is 48.7 Å². The summed E-state index contributed by atoms with van der Waals surface area (Å²) in [6.07, 6.45) is 4.23. The van der Waals surface area contributed by atoms with E-state index in [9.17, 15) is 0 Å². The number of aryl methyl sites for hydroxylation is 1. The maximum atomic E-state index is 6.16. The van der Waals surface area contributed by atoms with E-state index in [1.54, 1.807) is 0 Å². The molecule has 0 aliphatic carbocycles. The second kappa shape index (κ2) is 6.33. The molecule has 21 heavy (non-hydrogen) atoms. The number of nitrogens with two attached hydrogens (primary N) is 1. The zero-order valence-electron chi connectivity index (χ0n) is 11.9. The first kappa shape index (κ1) is 14.2. The van der Waals surface area contributed by atoms with Crippen LogP contribution in [0.2, 0.25) is 5.02 Å². The van der Waals surface area contributed by atoms with E-state index in [1.165, 1.54) is 22.0 Å². The van der Waals surface area contributed by atoms with Crippen molar-refractivity contribution < 1.29 is 0 Å². The first-order chi connectivity index (χ1) is 10.3. The molecule has 3 aromatic rings. The second-order valence-corrected chi connectivity index (χ2v) is 5.76. The van der Waals surface area contributed by atoms with Crippen molar-refractivity contribution in [3.63, 3.8) is 0 Å². The average molecular weight is 299 g/mol. The summed E-state index contributed by atoms with van der Waals surface area (Å²) in [6.45, 7) is 1.59. The Kier molecular flexibility index (Phi) is 4.28. The van der Waals surface area contributed by atoms with Gasteiger partial charge in [0.1, 0.15) is 0 Å². The van der Waals surface area contributed by atoms with E-state index in [-0.39, 0.29) is 0 Å². The number of rotatable bonds is 5. The monoisotopic (exact) mass is 298 g/mol. The molecule has 0 spiro atoms. The van der Waals surface area contributed by atoms with E-state index in [0.29, 0.717) is 6.54 Å². The topological polar surface area (TPSA) is 30.9 Å². The van der Waals surface area contributed by atoms with E-state index in [2.05, 4.69) is 47.2 Å². The standard InChI is InChI=1S/C18H19ClN2/c19-16-8-9-18-17(11-16)15(7-4-10-20)13-21(18)12-14-5-2-1-3-6-14/h1-3,5-6,8-9,11,13H,4,7,10,12,20H2. The Balaban J connectivity index is 2.02. The van der Waals surface area contributed by atoms with Gasteiger partial charge in [0, 0.05) is 28.7 Å². The minimum Gasteiger partial charge on any atom is -0.343 e. The zero-order valence-corrected chi connectivity index (χ0v) is 12.7. The van der Waals surface area contributed by atoms with Crippen LogP contribution in [0.1, 0.15) is 17.5 Å². The lowest BCUT2D eigenvalue weighted by Gasteiger charge is -2.05. The Morgan fingerprint density at radius 3 is 2.62 bits per heavy atom. The zero-order chi connectivity index (χ0) is 14.7. The molecule has 0 fully saturated rings. The number of fused-ring (bicyclic) bond motifs is 1. The van der Waals surface area contributed by atoms with Gasteiger partial charge in [-0.3, -0.25) is 0 Å². The molecular weight excluding hydrogens is 280 g/mol. The Hall–Kier alpha value is -1.77. The number of hydrogen-bond donors (Lipinski definition) is 1. The van der Waals surface area contributed by atoms with Gasteiger partial charge < -0.3 is 10.3 Å². The van der Waals surface area contributed by atoms with Crippen LogP contribution in [-0.4, -0.2) is 11.1 Å². The smallest absolute Gasteiger partial charge is 0.0487 e. The highest BCUT2D eigenvalue weighted by molar-refractivity contribution is 6.31. The third-order valence-corrected chi connectivity index (χ3v) is 4.01. The minimum absolute atomic E-state index is 0.714. The fourth-order valence-electron chi connectivity index (χ4n) is 2.75. The number of hydrogen-bond acceptors (Lipinski definition) is 1. The molecule has 0 aliphatic rings. The van der Waals surface area contributed by atoms with Crippen LogP contribution in [0.15, 0.2) is 54.7 Å². The van der Waals surface area contributed by atoms with Crippen LogP contribution < -0.4 is 5.73 Å². The van der Waals surface area contributed by atoms with Crippen molar-refractivity contribution >= 4 is 22.5 Å². The molecule has 0 saturated carbocycles. The Morgan fingerprint density at radius 1 is 1.05 bits per heavy atom. The molecule has 0 bridgehead atoms. The molecule has 2 aromatic carbocycles.